The summed E-state index contributed by atoms with van der Waals surface area (Å²) in [5.41, 5.74) is 1.70. The average Bonchev–Trinajstić information content (AvgIpc) is 2.61. The zero-order chi connectivity index (χ0) is 13.5. The Bertz CT molecular complexity index is 502. The molecule has 1 aliphatic carbocycles. The molecule has 18 heavy (non-hydrogen) atoms. The van der Waals surface area contributed by atoms with Crippen LogP contribution in [0.1, 0.15) is 43.7 Å². The van der Waals surface area contributed by atoms with Gasteiger partial charge in [-0.15, -0.1) is 0 Å². The first-order chi connectivity index (χ1) is 8.31. The molecular weight excluding hydrogens is 256 g/mol. The van der Waals surface area contributed by atoms with E-state index in [9.17, 15) is 13.0 Å². The normalized spacial score (nSPS) is 20.8. The van der Waals surface area contributed by atoms with E-state index in [4.69, 9.17) is 5.14 Å². The Balaban J connectivity index is 2.27. The van der Waals surface area contributed by atoms with E-state index in [1.54, 1.807) is 0 Å². The molecule has 1 unspecified atom stereocenters. The summed E-state index contributed by atoms with van der Waals surface area (Å²) in [6.45, 7) is 3.67. The van der Waals surface area contributed by atoms with E-state index in [0.717, 1.165) is 24.0 Å². The van der Waals surface area contributed by atoms with Gasteiger partial charge in [-0.2, -0.15) is 0 Å². The molecule has 0 saturated heterocycles. The topological polar surface area (TPSA) is 43.1 Å². The van der Waals surface area contributed by atoms with Gasteiger partial charge in [-0.25, -0.2) is 13.0 Å². The van der Waals surface area contributed by atoms with Crippen molar-refractivity contribution in [1.82, 2.24) is 0 Å². The van der Waals surface area contributed by atoms with Gasteiger partial charge in [-0.3, -0.25) is 5.14 Å². The minimum atomic E-state index is -1.43. The first kappa shape index (κ1) is 13.6. The molecule has 1 aliphatic rings. The van der Waals surface area contributed by atoms with Crippen LogP contribution in [0.15, 0.2) is 12.1 Å². The van der Waals surface area contributed by atoms with E-state index >= 15 is 0 Å². The first-order valence-corrected chi connectivity index (χ1v) is 7.16. The molecule has 2 rings (SSSR count). The number of benzene rings is 1. The van der Waals surface area contributed by atoms with Crippen molar-refractivity contribution in [3.63, 3.8) is 0 Å². The number of nitrogens with two attached hydrogens (primary N) is 1. The van der Waals surface area contributed by atoms with Crippen molar-refractivity contribution in [2.24, 2.45) is 5.14 Å². The number of fused-ring (bicyclic) bond motifs is 1. The molecule has 100 valence electrons. The Morgan fingerprint density at radius 1 is 1.39 bits per heavy atom. The van der Waals surface area contributed by atoms with Crippen molar-refractivity contribution in [2.45, 2.75) is 43.8 Å². The summed E-state index contributed by atoms with van der Waals surface area (Å²) < 4.78 is 37.3. The van der Waals surface area contributed by atoms with Crippen LogP contribution in [0.3, 0.4) is 0 Å². The highest BCUT2D eigenvalue weighted by molar-refractivity contribution is 7.84. The maximum absolute atomic E-state index is 13.3. The van der Waals surface area contributed by atoms with Crippen LogP contribution < -0.4 is 5.14 Å². The van der Waals surface area contributed by atoms with Gasteiger partial charge in [0.15, 0.2) is 11.6 Å². The first-order valence-electron chi connectivity index (χ1n) is 5.95. The van der Waals surface area contributed by atoms with Crippen molar-refractivity contribution in [3.8, 4) is 0 Å². The van der Waals surface area contributed by atoms with Crippen molar-refractivity contribution >= 4 is 11.0 Å². The Kier molecular flexibility index (Phi) is 3.56. The van der Waals surface area contributed by atoms with Crippen molar-refractivity contribution in [1.29, 1.82) is 0 Å². The van der Waals surface area contributed by atoms with Crippen LogP contribution in [-0.4, -0.2) is 8.96 Å². The lowest BCUT2D eigenvalue weighted by atomic mass is 9.91. The Hall–Kier alpha value is -0.810. The van der Waals surface area contributed by atoms with Gasteiger partial charge in [0.05, 0.1) is 15.7 Å². The van der Waals surface area contributed by atoms with Gasteiger partial charge in [-0.05, 0) is 62.3 Å². The van der Waals surface area contributed by atoms with E-state index in [1.165, 1.54) is 12.1 Å². The lowest BCUT2D eigenvalue weighted by molar-refractivity contribution is 0.498. The Morgan fingerprint density at radius 3 is 2.61 bits per heavy atom. The van der Waals surface area contributed by atoms with Crippen LogP contribution in [0.25, 0.3) is 0 Å². The summed E-state index contributed by atoms with van der Waals surface area (Å²) >= 11 is 0. The van der Waals surface area contributed by atoms with Crippen LogP contribution >= 0.6 is 0 Å². The highest BCUT2D eigenvalue weighted by Crippen LogP contribution is 2.40. The maximum atomic E-state index is 13.3. The SMILES string of the molecule is CC(C)(C[C@H]1CCc2cc(F)c(F)cc21)S(N)=O. The predicted molar refractivity (Wildman–Crippen MR) is 68.4 cm³/mol. The second-order valence-electron chi connectivity index (χ2n) is 5.46. The molecule has 1 aromatic carbocycles. The molecule has 2 N–H and O–H groups in total. The second-order valence-corrected chi connectivity index (χ2v) is 7.16. The highest BCUT2D eigenvalue weighted by Gasteiger charge is 2.32. The minimum absolute atomic E-state index is 0.109. The molecule has 0 aliphatic heterocycles. The van der Waals surface area contributed by atoms with E-state index in [2.05, 4.69) is 0 Å². The third kappa shape index (κ3) is 2.47. The van der Waals surface area contributed by atoms with Crippen LogP contribution in [0.4, 0.5) is 8.78 Å². The number of hydrogen-bond donors (Lipinski definition) is 1. The summed E-state index contributed by atoms with van der Waals surface area (Å²) in [4.78, 5) is 0. The number of aryl methyl sites for hydroxylation is 1. The van der Waals surface area contributed by atoms with Crippen LogP contribution in [0.2, 0.25) is 0 Å². The van der Waals surface area contributed by atoms with Gasteiger partial charge in [0.1, 0.15) is 0 Å². The molecule has 0 spiro atoms. The maximum Gasteiger partial charge on any atom is 0.159 e. The lowest BCUT2D eigenvalue weighted by Gasteiger charge is -2.25. The van der Waals surface area contributed by atoms with Crippen molar-refractivity contribution < 1.29 is 13.0 Å². The van der Waals surface area contributed by atoms with E-state index in [1.807, 2.05) is 13.8 Å². The van der Waals surface area contributed by atoms with Gasteiger partial charge in [-0.1, -0.05) is 0 Å². The van der Waals surface area contributed by atoms with Gasteiger partial charge in [0.25, 0.3) is 0 Å². The molecule has 5 heteroatoms. The Labute approximate surface area is 108 Å². The predicted octanol–water partition coefficient (Wildman–Crippen LogP) is 2.79. The third-order valence-electron chi connectivity index (χ3n) is 3.67. The quantitative estimate of drug-likeness (QED) is 0.904. The molecule has 0 fully saturated rings. The number of halogens is 2. The lowest BCUT2D eigenvalue weighted by Crippen LogP contribution is -2.33. The summed E-state index contributed by atoms with van der Waals surface area (Å²) in [7, 11) is -1.43. The zero-order valence-corrected chi connectivity index (χ0v) is 11.3. The molecule has 0 radical (unpaired) electrons. The largest absolute Gasteiger partial charge is 0.251 e. The summed E-state index contributed by atoms with van der Waals surface area (Å²) in [5.74, 6) is -1.50. The van der Waals surface area contributed by atoms with Gasteiger partial charge >= 0.3 is 0 Å². The number of hydrogen-bond acceptors (Lipinski definition) is 1. The summed E-state index contributed by atoms with van der Waals surface area (Å²) in [5, 5.41) is 5.46. The van der Waals surface area contributed by atoms with E-state index in [0.29, 0.717) is 6.42 Å². The minimum Gasteiger partial charge on any atom is -0.251 e. The zero-order valence-electron chi connectivity index (χ0n) is 10.5. The smallest absolute Gasteiger partial charge is 0.159 e. The molecular formula is C13H17F2NOS. The van der Waals surface area contributed by atoms with Crippen LogP contribution in [-0.2, 0) is 17.4 Å². The average molecular weight is 273 g/mol. The summed E-state index contributed by atoms with van der Waals surface area (Å²) in [6.07, 6.45) is 2.19. The monoisotopic (exact) mass is 273 g/mol. The van der Waals surface area contributed by atoms with Crippen molar-refractivity contribution in [3.05, 3.63) is 34.9 Å². The van der Waals surface area contributed by atoms with Gasteiger partial charge in [0.2, 0.25) is 0 Å². The fraction of sp³-hybridized carbons (Fsp3) is 0.538. The molecule has 0 bridgehead atoms. The molecule has 0 aromatic heterocycles. The van der Waals surface area contributed by atoms with Crippen LogP contribution in [0.5, 0.6) is 0 Å². The van der Waals surface area contributed by atoms with Gasteiger partial charge < -0.3 is 0 Å². The summed E-state index contributed by atoms with van der Waals surface area (Å²) in [6, 6.07) is 2.55. The Morgan fingerprint density at radius 2 is 2.00 bits per heavy atom. The molecule has 1 aromatic rings. The molecule has 2 nitrogen and oxygen atoms in total. The number of rotatable bonds is 3. The fourth-order valence-electron chi connectivity index (χ4n) is 2.57. The molecule has 0 heterocycles. The van der Waals surface area contributed by atoms with Crippen molar-refractivity contribution in [2.75, 3.05) is 0 Å². The van der Waals surface area contributed by atoms with E-state index < -0.39 is 27.4 Å². The van der Waals surface area contributed by atoms with Gasteiger partial charge in [0, 0.05) is 0 Å². The third-order valence-corrected chi connectivity index (χ3v) is 4.92. The van der Waals surface area contributed by atoms with E-state index in [-0.39, 0.29) is 5.92 Å². The molecule has 2 atom stereocenters. The fourth-order valence-corrected chi connectivity index (χ4v) is 2.94. The standard InChI is InChI=1S/C13H17F2NOS/c1-13(2,18(16)17)7-9-4-3-8-5-11(14)12(15)6-10(8)9/h5-6,9H,3-4,7,16H2,1-2H3/t9-,18?/m1/s1. The van der Waals surface area contributed by atoms with Crippen LogP contribution in [0, 0.1) is 11.6 Å². The highest BCUT2D eigenvalue weighted by atomic mass is 32.2. The molecule has 0 saturated carbocycles. The molecule has 0 amide bonds. The second kappa shape index (κ2) is 4.70.